The number of alkyl halides is 2. The number of aromatic amines is 1. The number of benzene rings is 1. The van der Waals surface area contributed by atoms with Gasteiger partial charge < -0.3 is 24.5 Å². The van der Waals surface area contributed by atoms with Gasteiger partial charge in [0.2, 0.25) is 0 Å². The van der Waals surface area contributed by atoms with Gasteiger partial charge in [-0.15, -0.1) is 0 Å². The molecule has 3 heterocycles. The van der Waals surface area contributed by atoms with Crippen LogP contribution in [0.15, 0.2) is 28.8 Å². The van der Waals surface area contributed by atoms with Crippen LogP contribution in [0.4, 0.5) is 13.6 Å². The standard InChI is InChI=1S/C20H21ClF2N4O3/c1-11-5-14(30-26-11)10-29-18-8-16-12(7-15(18)21)6-13(25-16)9-24-20(28)27-4-2-3-17(27)19(22)23/h5-8,17,19,25H,2-4,9-10H2,1H3,(H,24,28). The normalized spacial score (nSPS) is 16.6. The van der Waals surface area contributed by atoms with Crippen molar-refractivity contribution in [3.05, 3.63) is 46.4 Å². The lowest BCUT2D eigenvalue weighted by molar-refractivity contribution is 0.0606. The predicted octanol–water partition coefficient (Wildman–Crippen LogP) is 4.64. The van der Waals surface area contributed by atoms with Crippen molar-refractivity contribution < 1.29 is 22.8 Å². The smallest absolute Gasteiger partial charge is 0.318 e. The molecule has 2 N–H and O–H groups in total. The molecule has 3 aromatic rings. The molecule has 1 aliphatic heterocycles. The first-order chi connectivity index (χ1) is 14.4. The van der Waals surface area contributed by atoms with E-state index in [1.165, 1.54) is 4.90 Å². The molecule has 1 fully saturated rings. The Bertz CT molecular complexity index is 1050. The Morgan fingerprint density at radius 3 is 3.00 bits per heavy atom. The summed E-state index contributed by atoms with van der Waals surface area (Å²) in [6.07, 6.45) is -1.62. The summed E-state index contributed by atoms with van der Waals surface area (Å²) in [5.41, 5.74) is 2.27. The van der Waals surface area contributed by atoms with Gasteiger partial charge in [-0.05, 0) is 31.9 Å². The third-order valence-electron chi connectivity index (χ3n) is 5.06. The summed E-state index contributed by atoms with van der Waals surface area (Å²) in [4.78, 5) is 16.7. The van der Waals surface area contributed by atoms with Crippen molar-refractivity contribution in [1.82, 2.24) is 20.4 Å². The molecule has 7 nitrogen and oxygen atoms in total. The Labute approximate surface area is 176 Å². The largest absolute Gasteiger partial charge is 0.484 e. The molecule has 160 valence electrons. The summed E-state index contributed by atoms with van der Waals surface area (Å²) < 4.78 is 36.9. The van der Waals surface area contributed by atoms with Crippen molar-refractivity contribution in [1.29, 1.82) is 0 Å². The van der Waals surface area contributed by atoms with Crippen LogP contribution in [0.2, 0.25) is 5.02 Å². The molecule has 1 saturated heterocycles. The average molecular weight is 439 g/mol. The first kappa shape index (κ1) is 20.5. The number of carbonyl (C=O) groups is 1. The van der Waals surface area contributed by atoms with Crippen LogP contribution in [0.3, 0.4) is 0 Å². The highest BCUT2D eigenvalue weighted by Gasteiger charge is 2.35. The summed E-state index contributed by atoms with van der Waals surface area (Å²) >= 11 is 6.31. The van der Waals surface area contributed by atoms with Gasteiger partial charge in [-0.2, -0.15) is 0 Å². The summed E-state index contributed by atoms with van der Waals surface area (Å²) in [5, 5.41) is 7.79. The average Bonchev–Trinajstić information content (AvgIpc) is 3.43. The minimum absolute atomic E-state index is 0.186. The summed E-state index contributed by atoms with van der Waals surface area (Å²) in [6, 6.07) is 5.65. The molecule has 2 aromatic heterocycles. The number of nitrogens with one attached hydrogen (secondary N) is 2. The number of aromatic nitrogens is 2. The van der Waals surface area contributed by atoms with E-state index in [2.05, 4.69) is 15.5 Å². The number of halogens is 3. The fourth-order valence-electron chi connectivity index (χ4n) is 3.61. The minimum Gasteiger partial charge on any atom is -0.484 e. The first-order valence-corrected chi connectivity index (χ1v) is 9.97. The van der Waals surface area contributed by atoms with E-state index in [1.54, 1.807) is 18.2 Å². The highest BCUT2D eigenvalue weighted by Crippen LogP contribution is 2.31. The predicted molar refractivity (Wildman–Crippen MR) is 107 cm³/mol. The van der Waals surface area contributed by atoms with Crippen LogP contribution in [0.5, 0.6) is 5.75 Å². The summed E-state index contributed by atoms with van der Waals surface area (Å²) in [5.74, 6) is 1.06. The number of fused-ring (bicyclic) bond motifs is 1. The number of aryl methyl sites for hydroxylation is 1. The van der Waals surface area contributed by atoms with E-state index in [4.69, 9.17) is 20.9 Å². The minimum atomic E-state index is -2.53. The second kappa shape index (κ2) is 8.51. The van der Waals surface area contributed by atoms with E-state index in [-0.39, 0.29) is 13.2 Å². The van der Waals surface area contributed by atoms with E-state index in [1.807, 2.05) is 13.0 Å². The van der Waals surface area contributed by atoms with E-state index in [0.29, 0.717) is 35.9 Å². The molecule has 1 aromatic carbocycles. The van der Waals surface area contributed by atoms with E-state index in [0.717, 1.165) is 22.3 Å². The highest BCUT2D eigenvalue weighted by molar-refractivity contribution is 6.32. The maximum atomic E-state index is 13.0. The summed E-state index contributed by atoms with van der Waals surface area (Å²) in [6.45, 7) is 2.54. The first-order valence-electron chi connectivity index (χ1n) is 9.59. The van der Waals surface area contributed by atoms with E-state index >= 15 is 0 Å². The Balaban J connectivity index is 1.41. The molecule has 1 unspecified atom stereocenters. The molecule has 0 bridgehead atoms. The second-order valence-corrected chi connectivity index (χ2v) is 7.69. The molecule has 2 amide bonds. The fraction of sp³-hybridized carbons (Fsp3) is 0.400. The lowest BCUT2D eigenvalue weighted by Crippen LogP contribution is -2.45. The van der Waals surface area contributed by atoms with Crippen LogP contribution in [-0.4, -0.2) is 40.1 Å². The molecule has 1 aliphatic rings. The summed E-state index contributed by atoms with van der Waals surface area (Å²) in [7, 11) is 0. The third-order valence-corrected chi connectivity index (χ3v) is 5.35. The number of ether oxygens (including phenoxy) is 1. The Morgan fingerprint density at radius 1 is 1.43 bits per heavy atom. The van der Waals surface area contributed by atoms with Crippen molar-refractivity contribution in [2.45, 2.75) is 45.4 Å². The molecule has 1 atom stereocenters. The maximum absolute atomic E-state index is 13.0. The second-order valence-electron chi connectivity index (χ2n) is 7.28. The van der Waals surface area contributed by atoms with Crippen molar-refractivity contribution in [3.63, 3.8) is 0 Å². The number of amides is 2. The Morgan fingerprint density at radius 2 is 2.27 bits per heavy atom. The van der Waals surface area contributed by atoms with Gasteiger partial charge in [-0.1, -0.05) is 16.8 Å². The zero-order chi connectivity index (χ0) is 21.3. The number of H-pyrrole nitrogens is 1. The molecule has 4 rings (SSSR count). The monoisotopic (exact) mass is 438 g/mol. The lowest BCUT2D eigenvalue weighted by Gasteiger charge is -2.24. The molecule has 0 radical (unpaired) electrons. The molecule has 30 heavy (non-hydrogen) atoms. The zero-order valence-corrected chi connectivity index (χ0v) is 17.0. The molecule has 0 saturated carbocycles. The number of urea groups is 1. The molecular weight excluding hydrogens is 418 g/mol. The number of carbonyl (C=O) groups excluding carboxylic acids is 1. The van der Waals surface area contributed by atoms with Crippen molar-refractivity contribution >= 4 is 28.5 Å². The maximum Gasteiger partial charge on any atom is 0.318 e. The van der Waals surface area contributed by atoms with Gasteiger partial charge in [0.1, 0.15) is 12.4 Å². The topological polar surface area (TPSA) is 83.4 Å². The van der Waals surface area contributed by atoms with Gasteiger partial charge in [0.25, 0.3) is 6.43 Å². The van der Waals surface area contributed by atoms with Crippen LogP contribution in [0.25, 0.3) is 10.9 Å². The highest BCUT2D eigenvalue weighted by atomic mass is 35.5. The van der Waals surface area contributed by atoms with Crippen LogP contribution in [0.1, 0.15) is 30.0 Å². The van der Waals surface area contributed by atoms with Crippen LogP contribution in [-0.2, 0) is 13.2 Å². The zero-order valence-electron chi connectivity index (χ0n) is 16.3. The Kier molecular flexibility index (Phi) is 5.80. The van der Waals surface area contributed by atoms with Gasteiger partial charge in [0, 0.05) is 35.3 Å². The van der Waals surface area contributed by atoms with Crippen molar-refractivity contribution in [3.8, 4) is 5.75 Å². The molecule has 0 aliphatic carbocycles. The number of likely N-dealkylation sites (tertiary alicyclic amines) is 1. The molecular formula is C20H21ClF2N4O3. The fourth-order valence-corrected chi connectivity index (χ4v) is 3.84. The van der Waals surface area contributed by atoms with Crippen molar-refractivity contribution in [2.75, 3.05) is 6.54 Å². The lowest BCUT2D eigenvalue weighted by atomic mass is 10.2. The van der Waals surface area contributed by atoms with Gasteiger partial charge in [0.15, 0.2) is 5.76 Å². The van der Waals surface area contributed by atoms with Crippen LogP contribution >= 0.6 is 11.6 Å². The Hall–Kier alpha value is -2.81. The van der Waals surface area contributed by atoms with Gasteiger partial charge in [0.05, 0.1) is 23.3 Å². The number of rotatable bonds is 6. The third kappa shape index (κ3) is 4.35. The number of hydrogen-bond acceptors (Lipinski definition) is 4. The van der Waals surface area contributed by atoms with Crippen LogP contribution < -0.4 is 10.1 Å². The quantitative estimate of drug-likeness (QED) is 0.587. The van der Waals surface area contributed by atoms with Crippen LogP contribution in [0, 0.1) is 6.92 Å². The van der Waals surface area contributed by atoms with Gasteiger partial charge >= 0.3 is 6.03 Å². The SMILES string of the molecule is Cc1cc(COc2cc3[nH]c(CNC(=O)N4CCCC4C(F)F)cc3cc2Cl)on1. The van der Waals surface area contributed by atoms with Gasteiger partial charge in [-0.25, -0.2) is 13.6 Å². The number of nitrogens with zero attached hydrogens (tertiary/aromatic N) is 2. The molecule has 0 spiro atoms. The van der Waals surface area contributed by atoms with E-state index < -0.39 is 18.5 Å². The van der Waals surface area contributed by atoms with E-state index in [9.17, 15) is 13.6 Å². The molecule has 10 heteroatoms. The van der Waals surface area contributed by atoms with Gasteiger partial charge in [-0.3, -0.25) is 0 Å². The van der Waals surface area contributed by atoms with Crippen molar-refractivity contribution in [2.24, 2.45) is 0 Å². The number of hydrogen-bond donors (Lipinski definition) is 2.